The molecule has 122 valence electrons. The van der Waals surface area contributed by atoms with Crippen LogP contribution >= 0.6 is 22.7 Å². The predicted octanol–water partition coefficient (Wildman–Crippen LogP) is 2.42. The average Bonchev–Trinajstić information content (AvgIpc) is 3.24. The largest absolute Gasteiger partial charge is 0.334 e. The average molecular weight is 355 g/mol. The van der Waals surface area contributed by atoms with E-state index in [1.165, 1.54) is 16.9 Å². The third-order valence-corrected chi connectivity index (χ3v) is 5.97. The van der Waals surface area contributed by atoms with Crippen LogP contribution in [0.5, 0.6) is 0 Å². The molecule has 1 aliphatic heterocycles. The van der Waals surface area contributed by atoms with Crippen LogP contribution in [0.15, 0.2) is 51.6 Å². The Morgan fingerprint density at radius 2 is 2.08 bits per heavy atom. The zero-order valence-electron chi connectivity index (χ0n) is 13.3. The molecule has 0 saturated carbocycles. The Kier molecular flexibility index (Phi) is 4.08. The van der Waals surface area contributed by atoms with Crippen LogP contribution in [0.4, 0.5) is 5.69 Å². The van der Waals surface area contributed by atoms with Gasteiger partial charge in [0.2, 0.25) is 0 Å². The second kappa shape index (κ2) is 6.37. The molecule has 0 spiro atoms. The van der Waals surface area contributed by atoms with Crippen molar-refractivity contribution in [3.63, 3.8) is 0 Å². The van der Waals surface area contributed by atoms with Gasteiger partial charge in [-0.15, -0.1) is 11.3 Å². The molecule has 0 bridgehead atoms. The number of benzene rings is 1. The van der Waals surface area contributed by atoms with E-state index in [0.29, 0.717) is 13.3 Å². The van der Waals surface area contributed by atoms with E-state index in [1.54, 1.807) is 15.9 Å². The number of hydrogen-bond acceptors (Lipinski definition) is 5. The standard InChI is InChI=1S/C18H17N3OS2/c1-2-13-5-7-14(8-6-13)20-11-19-18-21(12-20)17(22)16(24-18)10-15-4-3-9-23-15/h3-10H,2,11-12H2,1H3. The molecule has 0 saturated heterocycles. The molecule has 0 unspecified atom stereocenters. The zero-order valence-corrected chi connectivity index (χ0v) is 14.9. The molecule has 2 aromatic heterocycles. The summed E-state index contributed by atoms with van der Waals surface area (Å²) in [6.07, 6.45) is 2.99. The lowest BCUT2D eigenvalue weighted by molar-refractivity contribution is 0.569. The van der Waals surface area contributed by atoms with Gasteiger partial charge >= 0.3 is 0 Å². The van der Waals surface area contributed by atoms with E-state index < -0.39 is 0 Å². The van der Waals surface area contributed by atoms with Crippen molar-refractivity contribution in [2.75, 3.05) is 11.6 Å². The summed E-state index contributed by atoms with van der Waals surface area (Å²) in [6, 6.07) is 12.5. The van der Waals surface area contributed by atoms with Crippen LogP contribution in [0.1, 0.15) is 17.4 Å². The summed E-state index contributed by atoms with van der Waals surface area (Å²) in [4.78, 5) is 21.3. The number of aryl methyl sites for hydroxylation is 1. The molecule has 4 nitrogen and oxygen atoms in total. The van der Waals surface area contributed by atoms with Crippen molar-refractivity contribution in [3.8, 4) is 0 Å². The van der Waals surface area contributed by atoms with Crippen molar-refractivity contribution in [1.82, 2.24) is 4.57 Å². The number of hydrogen-bond donors (Lipinski definition) is 0. The van der Waals surface area contributed by atoms with Crippen molar-refractivity contribution in [2.45, 2.75) is 20.0 Å². The molecule has 0 aliphatic carbocycles. The van der Waals surface area contributed by atoms with Crippen molar-refractivity contribution >= 4 is 34.4 Å². The summed E-state index contributed by atoms with van der Waals surface area (Å²) in [6.45, 7) is 3.29. The Hall–Kier alpha value is -2.18. The molecule has 1 aliphatic rings. The molecular weight excluding hydrogens is 338 g/mol. The minimum absolute atomic E-state index is 0.0435. The van der Waals surface area contributed by atoms with Crippen LogP contribution < -0.4 is 19.8 Å². The van der Waals surface area contributed by atoms with Crippen LogP contribution in [-0.2, 0) is 13.1 Å². The third kappa shape index (κ3) is 2.83. The highest BCUT2D eigenvalue weighted by atomic mass is 32.1. The summed E-state index contributed by atoms with van der Waals surface area (Å²) in [7, 11) is 0. The van der Waals surface area contributed by atoms with Gasteiger partial charge in [0.1, 0.15) is 13.3 Å². The Balaban J connectivity index is 1.68. The number of aromatic nitrogens is 1. The number of thiazole rings is 1. The minimum atomic E-state index is 0.0435. The van der Waals surface area contributed by atoms with Crippen LogP contribution in [0.25, 0.3) is 6.08 Å². The molecule has 0 atom stereocenters. The SMILES string of the molecule is CCc1ccc(N2CN=c3sc(=Cc4cccs4)c(=O)n3C2)cc1. The predicted molar refractivity (Wildman–Crippen MR) is 100 cm³/mol. The van der Waals surface area contributed by atoms with E-state index in [0.717, 1.165) is 26.3 Å². The molecule has 0 radical (unpaired) electrons. The normalized spacial score (nSPS) is 14.5. The van der Waals surface area contributed by atoms with E-state index in [1.807, 2.05) is 23.6 Å². The lowest BCUT2D eigenvalue weighted by atomic mass is 10.1. The van der Waals surface area contributed by atoms with Gasteiger partial charge in [-0.1, -0.05) is 36.5 Å². The van der Waals surface area contributed by atoms with Crippen molar-refractivity contribution in [1.29, 1.82) is 0 Å². The summed E-state index contributed by atoms with van der Waals surface area (Å²) >= 11 is 3.11. The van der Waals surface area contributed by atoms with Gasteiger partial charge in [-0.2, -0.15) is 0 Å². The summed E-state index contributed by atoms with van der Waals surface area (Å²) in [5.41, 5.74) is 2.46. The first-order valence-electron chi connectivity index (χ1n) is 7.88. The molecular formula is C18H17N3OS2. The van der Waals surface area contributed by atoms with E-state index >= 15 is 0 Å². The van der Waals surface area contributed by atoms with E-state index in [9.17, 15) is 4.79 Å². The zero-order chi connectivity index (χ0) is 16.5. The first kappa shape index (κ1) is 15.4. The second-order valence-corrected chi connectivity index (χ2v) is 7.63. The number of rotatable bonds is 3. The van der Waals surface area contributed by atoms with Crippen molar-refractivity contribution in [2.24, 2.45) is 4.99 Å². The molecule has 3 heterocycles. The third-order valence-electron chi connectivity index (χ3n) is 4.10. The molecule has 3 aromatic rings. The molecule has 6 heteroatoms. The van der Waals surface area contributed by atoms with Gasteiger partial charge < -0.3 is 4.90 Å². The lowest BCUT2D eigenvalue weighted by Crippen LogP contribution is -2.42. The fourth-order valence-corrected chi connectivity index (χ4v) is 4.41. The topological polar surface area (TPSA) is 37.6 Å². The first-order valence-corrected chi connectivity index (χ1v) is 9.57. The Bertz CT molecular complexity index is 1010. The second-order valence-electron chi connectivity index (χ2n) is 5.64. The van der Waals surface area contributed by atoms with Crippen molar-refractivity contribution < 1.29 is 0 Å². The maximum atomic E-state index is 12.7. The Morgan fingerprint density at radius 1 is 1.25 bits per heavy atom. The summed E-state index contributed by atoms with van der Waals surface area (Å²) < 4.78 is 2.51. The van der Waals surface area contributed by atoms with Crippen LogP contribution in [-0.4, -0.2) is 11.2 Å². The van der Waals surface area contributed by atoms with Crippen LogP contribution in [0.2, 0.25) is 0 Å². The highest BCUT2D eigenvalue weighted by molar-refractivity contribution is 7.11. The molecule has 0 N–H and O–H groups in total. The van der Waals surface area contributed by atoms with Gasteiger partial charge in [0.15, 0.2) is 4.80 Å². The fraction of sp³-hybridized carbons (Fsp3) is 0.222. The van der Waals surface area contributed by atoms with Crippen LogP contribution in [0.3, 0.4) is 0 Å². The smallest absolute Gasteiger partial charge is 0.271 e. The molecule has 1 aromatic carbocycles. The molecule has 0 fully saturated rings. The van der Waals surface area contributed by atoms with Gasteiger partial charge in [0, 0.05) is 10.6 Å². The minimum Gasteiger partial charge on any atom is -0.334 e. The lowest BCUT2D eigenvalue weighted by Gasteiger charge is -2.25. The molecule has 4 rings (SSSR count). The highest BCUT2D eigenvalue weighted by Gasteiger charge is 2.15. The van der Waals surface area contributed by atoms with Gasteiger partial charge in [0.25, 0.3) is 5.56 Å². The van der Waals surface area contributed by atoms with Gasteiger partial charge in [-0.05, 0) is 41.6 Å². The summed E-state index contributed by atoms with van der Waals surface area (Å²) in [5.74, 6) is 0. The van der Waals surface area contributed by atoms with E-state index in [-0.39, 0.29) is 5.56 Å². The fourth-order valence-electron chi connectivity index (χ4n) is 2.72. The van der Waals surface area contributed by atoms with E-state index in [4.69, 9.17) is 0 Å². The van der Waals surface area contributed by atoms with Gasteiger partial charge in [0.05, 0.1) is 4.53 Å². The van der Waals surface area contributed by atoms with Gasteiger partial charge in [-0.25, -0.2) is 4.99 Å². The number of thiophene rings is 1. The monoisotopic (exact) mass is 355 g/mol. The van der Waals surface area contributed by atoms with Gasteiger partial charge in [-0.3, -0.25) is 9.36 Å². The van der Waals surface area contributed by atoms with Crippen molar-refractivity contribution in [3.05, 3.63) is 71.9 Å². The quantitative estimate of drug-likeness (QED) is 0.724. The first-order chi connectivity index (χ1) is 11.7. The molecule has 24 heavy (non-hydrogen) atoms. The maximum Gasteiger partial charge on any atom is 0.271 e. The maximum absolute atomic E-state index is 12.7. The number of nitrogens with zero attached hydrogens (tertiary/aromatic N) is 3. The number of fused-ring (bicyclic) bond motifs is 1. The summed E-state index contributed by atoms with van der Waals surface area (Å²) in [5, 5.41) is 2.02. The van der Waals surface area contributed by atoms with Crippen LogP contribution in [0, 0.1) is 0 Å². The Labute approximate surface area is 147 Å². The number of anilines is 1. The van der Waals surface area contributed by atoms with E-state index in [2.05, 4.69) is 41.1 Å². The Morgan fingerprint density at radius 3 is 2.79 bits per heavy atom. The highest BCUT2D eigenvalue weighted by Crippen LogP contribution is 2.17. The molecule has 0 amide bonds.